The second-order valence-electron chi connectivity index (χ2n) is 8.51. The summed E-state index contributed by atoms with van der Waals surface area (Å²) in [5, 5.41) is 9.23. The van der Waals surface area contributed by atoms with Crippen LogP contribution in [0.15, 0.2) is 12.1 Å². The molecule has 0 radical (unpaired) electrons. The normalized spacial score (nSPS) is 42.3. The first-order valence-electron chi connectivity index (χ1n) is 9.32. The van der Waals surface area contributed by atoms with Gasteiger partial charge >= 0.3 is 0 Å². The van der Waals surface area contributed by atoms with E-state index in [0.29, 0.717) is 17.4 Å². The Morgan fingerprint density at radius 3 is 2.42 bits per heavy atom. The monoisotopic (exact) mass is 344 g/mol. The Morgan fingerprint density at radius 1 is 1.25 bits per heavy atom. The van der Waals surface area contributed by atoms with Gasteiger partial charge in [-0.25, -0.2) is 0 Å². The quantitative estimate of drug-likeness (QED) is 0.816. The Balaban J connectivity index is 1.66. The lowest BCUT2D eigenvalue weighted by Crippen LogP contribution is -2.66. The van der Waals surface area contributed by atoms with E-state index in [2.05, 4.69) is 30.9 Å². The number of hydrogen-bond acceptors (Lipinski definition) is 4. The van der Waals surface area contributed by atoms with E-state index in [0.717, 1.165) is 23.9 Å². The van der Waals surface area contributed by atoms with Gasteiger partial charge in [0.2, 0.25) is 0 Å². The van der Waals surface area contributed by atoms with Crippen molar-refractivity contribution in [2.75, 3.05) is 20.2 Å². The standard InChI is InChI=1S/C20H28N2OS/c1-14-9-19(2,10-14)22-12-15-5-4-6-16(13-22)20(15,23-3)18-8-7-17(11-21)24-18/h7-8,14-16H,4-6,9-10,12-13H2,1-3H3. The summed E-state index contributed by atoms with van der Waals surface area (Å²) in [5.74, 6) is 1.97. The van der Waals surface area contributed by atoms with Gasteiger partial charge in [-0.05, 0) is 50.7 Å². The molecule has 24 heavy (non-hydrogen) atoms. The van der Waals surface area contributed by atoms with Crippen LogP contribution >= 0.6 is 11.3 Å². The molecule has 1 aromatic rings. The van der Waals surface area contributed by atoms with Gasteiger partial charge in [0, 0.05) is 42.5 Å². The lowest BCUT2D eigenvalue weighted by Gasteiger charge is -2.61. The van der Waals surface area contributed by atoms with Crippen molar-refractivity contribution >= 4 is 11.3 Å². The van der Waals surface area contributed by atoms with Gasteiger partial charge in [0.05, 0.1) is 0 Å². The first-order valence-corrected chi connectivity index (χ1v) is 10.1. The van der Waals surface area contributed by atoms with Gasteiger partial charge in [-0.1, -0.05) is 13.3 Å². The first kappa shape index (κ1) is 16.6. The van der Waals surface area contributed by atoms with E-state index >= 15 is 0 Å². The molecule has 2 bridgehead atoms. The molecule has 0 spiro atoms. The Kier molecular flexibility index (Phi) is 4.03. The molecule has 1 aromatic heterocycles. The minimum atomic E-state index is -0.166. The molecule has 2 saturated carbocycles. The van der Waals surface area contributed by atoms with Crippen molar-refractivity contribution in [3.8, 4) is 6.07 Å². The third kappa shape index (κ3) is 2.29. The fourth-order valence-electron chi connectivity index (χ4n) is 6.02. The van der Waals surface area contributed by atoms with Crippen molar-refractivity contribution in [3.05, 3.63) is 21.9 Å². The van der Waals surface area contributed by atoms with E-state index in [1.165, 1.54) is 37.0 Å². The highest BCUT2D eigenvalue weighted by atomic mass is 32.1. The fourth-order valence-corrected chi connectivity index (χ4v) is 7.15. The Hall–Kier alpha value is -0.890. The van der Waals surface area contributed by atoms with Gasteiger partial charge in [0.1, 0.15) is 16.5 Å². The molecule has 3 fully saturated rings. The van der Waals surface area contributed by atoms with E-state index in [4.69, 9.17) is 4.74 Å². The van der Waals surface area contributed by atoms with Crippen LogP contribution in [-0.4, -0.2) is 30.6 Å². The van der Waals surface area contributed by atoms with E-state index in [-0.39, 0.29) is 5.60 Å². The number of hydrogen-bond donors (Lipinski definition) is 0. The molecule has 0 amide bonds. The summed E-state index contributed by atoms with van der Waals surface area (Å²) in [7, 11) is 1.89. The molecule has 3 nitrogen and oxygen atoms in total. The van der Waals surface area contributed by atoms with E-state index < -0.39 is 0 Å². The summed E-state index contributed by atoms with van der Waals surface area (Å²) in [6.45, 7) is 7.13. The predicted octanol–water partition coefficient (Wildman–Crippen LogP) is 4.38. The number of ether oxygens (including phenoxy) is 1. The molecule has 2 atom stereocenters. The zero-order valence-corrected chi connectivity index (χ0v) is 15.9. The van der Waals surface area contributed by atoms with Crippen molar-refractivity contribution < 1.29 is 4.74 Å². The minimum Gasteiger partial charge on any atom is -0.372 e. The summed E-state index contributed by atoms with van der Waals surface area (Å²) in [6.07, 6.45) is 6.48. The molecule has 4 rings (SSSR count). The largest absolute Gasteiger partial charge is 0.372 e. The second-order valence-corrected chi connectivity index (χ2v) is 9.60. The van der Waals surface area contributed by atoms with Crippen LogP contribution in [-0.2, 0) is 10.3 Å². The van der Waals surface area contributed by atoms with Crippen LogP contribution in [0.25, 0.3) is 0 Å². The van der Waals surface area contributed by atoms with E-state index in [1.54, 1.807) is 11.3 Å². The molecule has 1 saturated heterocycles. The van der Waals surface area contributed by atoms with Crippen LogP contribution in [0.1, 0.15) is 55.7 Å². The molecular formula is C20H28N2OS. The Morgan fingerprint density at radius 2 is 1.92 bits per heavy atom. The number of rotatable bonds is 3. The summed E-state index contributed by atoms with van der Waals surface area (Å²) < 4.78 is 6.30. The topological polar surface area (TPSA) is 36.3 Å². The Labute approximate surface area is 149 Å². The van der Waals surface area contributed by atoms with Crippen LogP contribution in [0.4, 0.5) is 0 Å². The summed E-state index contributed by atoms with van der Waals surface area (Å²) in [5.41, 5.74) is 0.237. The maximum absolute atomic E-state index is 9.23. The molecule has 2 heterocycles. The number of fused-ring (bicyclic) bond motifs is 2. The first-order chi connectivity index (χ1) is 11.5. The van der Waals surface area contributed by atoms with E-state index in [9.17, 15) is 5.26 Å². The average Bonchev–Trinajstić information content (AvgIpc) is 3.01. The molecule has 4 heteroatoms. The van der Waals surface area contributed by atoms with Crippen molar-refractivity contribution in [3.63, 3.8) is 0 Å². The van der Waals surface area contributed by atoms with Crippen LogP contribution in [0.2, 0.25) is 0 Å². The Bertz CT molecular complexity index is 641. The van der Waals surface area contributed by atoms with Crippen LogP contribution in [0, 0.1) is 29.1 Å². The maximum atomic E-state index is 9.23. The molecule has 1 aliphatic heterocycles. The number of methoxy groups -OCH3 is 1. The predicted molar refractivity (Wildman–Crippen MR) is 96.9 cm³/mol. The average molecular weight is 345 g/mol. The SMILES string of the molecule is COC1(c2ccc(C#N)s2)C2CCCC1CN(C1(C)CC(C)C1)C2. The van der Waals surface area contributed by atoms with Crippen molar-refractivity contribution in [2.24, 2.45) is 17.8 Å². The number of nitriles is 1. The molecular weight excluding hydrogens is 316 g/mol. The highest BCUT2D eigenvalue weighted by Gasteiger charge is 2.57. The summed E-state index contributed by atoms with van der Waals surface area (Å²) >= 11 is 1.64. The van der Waals surface area contributed by atoms with Crippen molar-refractivity contribution in [2.45, 2.75) is 57.1 Å². The molecule has 0 N–H and O–H groups in total. The van der Waals surface area contributed by atoms with Crippen LogP contribution < -0.4 is 0 Å². The van der Waals surface area contributed by atoms with Gasteiger partial charge in [-0.3, -0.25) is 4.90 Å². The van der Waals surface area contributed by atoms with Crippen molar-refractivity contribution in [1.29, 1.82) is 5.26 Å². The highest BCUT2D eigenvalue weighted by molar-refractivity contribution is 7.12. The second kappa shape index (κ2) is 5.83. The zero-order valence-electron chi connectivity index (χ0n) is 15.0. The van der Waals surface area contributed by atoms with Crippen LogP contribution in [0.3, 0.4) is 0 Å². The lowest BCUT2D eigenvalue weighted by molar-refractivity contribution is -0.190. The molecule has 130 valence electrons. The zero-order chi connectivity index (χ0) is 16.9. The molecule has 2 unspecified atom stereocenters. The molecule has 2 aliphatic carbocycles. The lowest BCUT2D eigenvalue weighted by atomic mass is 9.61. The third-order valence-electron chi connectivity index (χ3n) is 6.98. The van der Waals surface area contributed by atoms with Gasteiger partial charge in [-0.15, -0.1) is 11.3 Å². The summed E-state index contributed by atoms with van der Waals surface area (Å²) in [4.78, 5) is 4.86. The maximum Gasteiger partial charge on any atom is 0.110 e. The number of likely N-dealkylation sites (tertiary alicyclic amines) is 1. The highest BCUT2D eigenvalue weighted by Crippen LogP contribution is 2.55. The number of piperidine rings is 1. The molecule has 3 aliphatic rings. The minimum absolute atomic E-state index is 0.166. The molecule has 0 aromatic carbocycles. The van der Waals surface area contributed by atoms with Crippen LogP contribution in [0.5, 0.6) is 0 Å². The van der Waals surface area contributed by atoms with Gasteiger partial charge in [0.25, 0.3) is 0 Å². The fraction of sp³-hybridized carbons (Fsp3) is 0.750. The van der Waals surface area contributed by atoms with Gasteiger partial charge < -0.3 is 4.74 Å². The smallest absolute Gasteiger partial charge is 0.110 e. The van der Waals surface area contributed by atoms with E-state index in [1.807, 2.05) is 13.2 Å². The number of nitrogens with zero attached hydrogens (tertiary/aromatic N) is 2. The van der Waals surface area contributed by atoms with Crippen molar-refractivity contribution in [1.82, 2.24) is 4.90 Å². The number of thiophene rings is 1. The van der Waals surface area contributed by atoms with Gasteiger partial charge in [0.15, 0.2) is 0 Å². The summed E-state index contributed by atoms with van der Waals surface area (Å²) in [6, 6.07) is 6.43. The third-order valence-corrected chi connectivity index (χ3v) is 8.10. The van der Waals surface area contributed by atoms with Gasteiger partial charge in [-0.2, -0.15) is 5.26 Å².